The average molecular weight is 466 g/mol. The zero-order chi connectivity index (χ0) is 23.0. The summed E-state index contributed by atoms with van der Waals surface area (Å²) in [5, 5.41) is 9.61. The van der Waals surface area contributed by atoms with Crippen LogP contribution in [0.3, 0.4) is 0 Å². The minimum absolute atomic E-state index is 0.000174. The molecule has 4 rings (SSSR count). The van der Waals surface area contributed by atoms with Crippen LogP contribution in [0.1, 0.15) is 40.8 Å². The van der Waals surface area contributed by atoms with Crippen LogP contribution in [-0.4, -0.2) is 39.9 Å². The molecular weight excluding hydrogens is 445 g/mol. The Morgan fingerprint density at radius 1 is 1.31 bits per heavy atom. The van der Waals surface area contributed by atoms with Gasteiger partial charge in [-0.15, -0.1) is 0 Å². The summed E-state index contributed by atoms with van der Waals surface area (Å²) in [5.41, 5.74) is 12.5. The molecule has 3 atom stereocenters. The van der Waals surface area contributed by atoms with E-state index in [0.717, 1.165) is 23.5 Å². The maximum absolute atomic E-state index is 14.1. The van der Waals surface area contributed by atoms with Gasteiger partial charge in [-0.25, -0.2) is 18.2 Å². The lowest BCUT2D eigenvalue weighted by Crippen LogP contribution is -2.32. The number of rotatable bonds is 4. The Morgan fingerprint density at radius 3 is 2.75 bits per heavy atom. The molecule has 1 aliphatic heterocycles. The Morgan fingerprint density at radius 2 is 2.03 bits per heavy atom. The van der Waals surface area contributed by atoms with Gasteiger partial charge in [-0.3, -0.25) is 9.89 Å². The number of anilines is 2. The van der Waals surface area contributed by atoms with Crippen LogP contribution in [0.4, 0.5) is 23.9 Å². The number of hydrogen-bond donors (Lipinski definition) is 4. The average Bonchev–Trinajstić information content (AvgIpc) is 3.25. The van der Waals surface area contributed by atoms with E-state index in [9.17, 15) is 18.0 Å². The Bertz CT molecular complexity index is 1120. The molecule has 0 saturated carbocycles. The molecule has 0 radical (unpaired) electrons. The minimum atomic E-state index is -1.29. The third kappa shape index (κ3) is 4.20. The molecule has 1 fully saturated rings. The molecule has 1 aromatic carbocycles. The molecule has 2 unspecified atom stereocenters. The zero-order valence-electron chi connectivity index (χ0n) is 17.0. The second-order valence-corrected chi connectivity index (χ2v) is 8.50. The summed E-state index contributed by atoms with van der Waals surface area (Å²) in [6.45, 7) is 1.51. The van der Waals surface area contributed by atoms with Gasteiger partial charge in [-0.1, -0.05) is 17.4 Å². The van der Waals surface area contributed by atoms with E-state index in [1.165, 1.54) is 6.07 Å². The third-order valence-electron chi connectivity index (χ3n) is 5.25. The molecule has 6 N–H and O–H groups in total. The number of aryl methyl sites for hydroxylation is 1. The Kier molecular flexibility index (Phi) is 6.17. The monoisotopic (exact) mass is 466 g/mol. The first-order chi connectivity index (χ1) is 15.3. The molecule has 0 spiro atoms. The van der Waals surface area contributed by atoms with Crippen molar-refractivity contribution in [1.82, 2.24) is 15.2 Å². The Hall–Kier alpha value is -2.96. The summed E-state index contributed by atoms with van der Waals surface area (Å²) in [7, 11) is 0. The van der Waals surface area contributed by atoms with Gasteiger partial charge < -0.3 is 21.5 Å². The fourth-order valence-electron chi connectivity index (χ4n) is 3.47. The van der Waals surface area contributed by atoms with Gasteiger partial charge in [0.15, 0.2) is 5.69 Å². The molecule has 170 valence electrons. The fourth-order valence-corrected chi connectivity index (χ4v) is 4.35. The van der Waals surface area contributed by atoms with Gasteiger partial charge in [0.25, 0.3) is 5.91 Å². The van der Waals surface area contributed by atoms with E-state index in [2.05, 4.69) is 20.5 Å². The van der Waals surface area contributed by atoms with Crippen LogP contribution in [0.15, 0.2) is 18.2 Å². The summed E-state index contributed by atoms with van der Waals surface area (Å²) in [6.07, 6.45) is -1.05. The number of nitrogens with one attached hydrogen (secondary N) is 2. The van der Waals surface area contributed by atoms with Crippen LogP contribution in [0, 0.1) is 18.6 Å². The van der Waals surface area contributed by atoms with Crippen LogP contribution in [0.25, 0.3) is 10.6 Å². The lowest BCUT2D eigenvalue weighted by Gasteiger charge is -2.15. The number of carbonyl (C=O) groups excluding carboxylic acids is 1. The number of nitrogen functional groups attached to an aromatic ring is 1. The van der Waals surface area contributed by atoms with E-state index in [-0.39, 0.29) is 27.9 Å². The first-order valence-corrected chi connectivity index (χ1v) is 10.7. The topological polar surface area (TPSA) is 132 Å². The van der Waals surface area contributed by atoms with Crippen LogP contribution in [0.2, 0.25) is 0 Å². The van der Waals surface area contributed by atoms with Crippen molar-refractivity contribution in [2.75, 3.05) is 17.7 Å². The molecule has 1 saturated heterocycles. The summed E-state index contributed by atoms with van der Waals surface area (Å²) < 4.78 is 47.7. The summed E-state index contributed by atoms with van der Waals surface area (Å²) >= 11 is 0.799. The van der Waals surface area contributed by atoms with Crippen molar-refractivity contribution < 1.29 is 22.7 Å². The largest absolute Gasteiger partial charge is 0.389 e. The molecular formula is C20H21F3N6O2S. The van der Waals surface area contributed by atoms with Gasteiger partial charge in [0, 0.05) is 6.04 Å². The number of nitrogens with two attached hydrogens (primary N) is 2. The van der Waals surface area contributed by atoms with Crippen molar-refractivity contribution in [2.45, 2.75) is 38.1 Å². The molecule has 2 aromatic heterocycles. The van der Waals surface area contributed by atoms with E-state index < -0.39 is 35.9 Å². The molecule has 1 amide bonds. The molecule has 8 nitrogen and oxygen atoms in total. The van der Waals surface area contributed by atoms with Gasteiger partial charge in [0.2, 0.25) is 0 Å². The van der Waals surface area contributed by atoms with Crippen molar-refractivity contribution >= 4 is 27.9 Å². The van der Waals surface area contributed by atoms with E-state index in [0.29, 0.717) is 29.9 Å². The lowest BCUT2D eigenvalue weighted by atomic mass is 10.0. The van der Waals surface area contributed by atoms with E-state index in [4.69, 9.17) is 16.2 Å². The van der Waals surface area contributed by atoms with Gasteiger partial charge in [-0.05, 0) is 31.9 Å². The summed E-state index contributed by atoms with van der Waals surface area (Å²) in [5.74, 6) is -2.30. The van der Waals surface area contributed by atoms with Crippen molar-refractivity contribution in [3.8, 4) is 10.6 Å². The van der Waals surface area contributed by atoms with Crippen molar-refractivity contribution in [3.05, 3.63) is 46.9 Å². The van der Waals surface area contributed by atoms with Gasteiger partial charge in [0.1, 0.15) is 39.6 Å². The highest BCUT2D eigenvalue weighted by atomic mass is 32.1. The number of carbonyl (C=O) groups is 1. The number of ether oxygens (including phenoxy) is 1. The molecule has 0 aliphatic carbocycles. The van der Waals surface area contributed by atoms with Gasteiger partial charge >= 0.3 is 0 Å². The van der Waals surface area contributed by atoms with Crippen LogP contribution < -0.4 is 16.8 Å². The Balaban J connectivity index is 1.59. The molecule has 1 aliphatic rings. The lowest BCUT2D eigenvalue weighted by molar-refractivity contribution is 0.0267. The highest BCUT2D eigenvalue weighted by molar-refractivity contribution is 7.19. The zero-order valence-corrected chi connectivity index (χ0v) is 17.8. The molecule has 12 heteroatoms. The molecule has 32 heavy (non-hydrogen) atoms. The van der Waals surface area contributed by atoms with E-state index in [1.807, 2.05) is 0 Å². The second kappa shape index (κ2) is 8.88. The minimum Gasteiger partial charge on any atom is -0.389 e. The maximum Gasteiger partial charge on any atom is 0.277 e. The molecule has 3 heterocycles. The first kappa shape index (κ1) is 22.2. The van der Waals surface area contributed by atoms with Crippen LogP contribution >= 0.6 is 11.3 Å². The summed E-state index contributed by atoms with van der Waals surface area (Å²) in [6, 6.07) is 2.79. The second-order valence-electron chi connectivity index (χ2n) is 7.47. The van der Waals surface area contributed by atoms with E-state index in [1.54, 1.807) is 6.92 Å². The highest BCUT2D eigenvalue weighted by Gasteiger charge is 2.30. The predicted octanol–water partition coefficient (Wildman–Crippen LogP) is 3.47. The SMILES string of the molecule is Cc1[nH]nc([C@H]2CCC(N)C(F)CO2)c1NC(=O)c1nc(-c2c(F)cccc2F)sc1N. The van der Waals surface area contributed by atoms with Crippen LogP contribution in [-0.2, 0) is 4.74 Å². The number of H-pyrrole nitrogens is 1. The quantitative estimate of drug-likeness (QED) is 0.466. The maximum atomic E-state index is 14.1. The smallest absolute Gasteiger partial charge is 0.277 e. The number of aromatic amines is 1. The highest BCUT2D eigenvalue weighted by Crippen LogP contribution is 2.36. The number of hydrogen-bond acceptors (Lipinski definition) is 7. The third-order valence-corrected chi connectivity index (χ3v) is 6.15. The number of halogens is 3. The summed E-state index contributed by atoms with van der Waals surface area (Å²) in [4.78, 5) is 17.0. The van der Waals surface area contributed by atoms with Crippen molar-refractivity contribution in [1.29, 1.82) is 0 Å². The standard InChI is InChI=1S/C20H21F3N6O2S/c1-8-15(16(29-28-8)13-6-5-12(24)11(23)7-31-13)26-19(30)17-18(25)32-20(27-17)14-9(21)3-2-4-10(14)22/h2-4,11-13H,5-7,24-25H2,1H3,(H,26,30)(H,28,29)/t11?,12?,13-/m1/s1. The number of benzene rings is 1. The fraction of sp³-hybridized carbons (Fsp3) is 0.350. The number of amides is 1. The predicted molar refractivity (Wildman–Crippen MR) is 114 cm³/mol. The number of nitrogens with zero attached hydrogens (tertiary/aromatic N) is 2. The molecule has 3 aromatic rings. The number of aromatic nitrogens is 3. The van der Waals surface area contributed by atoms with Crippen molar-refractivity contribution in [3.63, 3.8) is 0 Å². The normalized spacial score (nSPS) is 21.3. The Labute approximate surface area is 185 Å². The molecule has 0 bridgehead atoms. The van der Waals surface area contributed by atoms with Gasteiger partial charge in [0.05, 0.1) is 23.6 Å². The van der Waals surface area contributed by atoms with Crippen LogP contribution in [0.5, 0.6) is 0 Å². The van der Waals surface area contributed by atoms with Crippen molar-refractivity contribution in [2.24, 2.45) is 5.73 Å². The van der Waals surface area contributed by atoms with Gasteiger partial charge in [-0.2, -0.15) is 5.10 Å². The van der Waals surface area contributed by atoms with E-state index >= 15 is 0 Å². The first-order valence-electron chi connectivity index (χ1n) is 9.84. The number of thiazole rings is 1. The number of alkyl halides is 1.